The van der Waals surface area contributed by atoms with Gasteiger partial charge in [0.1, 0.15) is 5.54 Å². The lowest BCUT2D eigenvalue weighted by molar-refractivity contribution is -0.145. The molecule has 15 heavy (non-hydrogen) atoms. The van der Waals surface area contributed by atoms with Gasteiger partial charge in [-0.15, -0.1) is 0 Å². The number of ether oxygens (including phenoxy) is 1. The monoisotopic (exact) mass is 215 g/mol. The van der Waals surface area contributed by atoms with Crippen molar-refractivity contribution >= 4 is 5.97 Å². The molecule has 0 bridgehead atoms. The average Bonchev–Trinajstić information content (AvgIpc) is 2.69. The van der Waals surface area contributed by atoms with Crippen molar-refractivity contribution in [2.75, 3.05) is 13.7 Å². The maximum atomic E-state index is 11.2. The highest BCUT2D eigenvalue weighted by Crippen LogP contribution is 2.45. The minimum absolute atomic E-state index is 0.240. The van der Waals surface area contributed by atoms with E-state index in [-0.39, 0.29) is 5.41 Å². The zero-order chi connectivity index (χ0) is 11.7. The smallest absolute Gasteiger partial charge is 0.323 e. The molecule has 0 radical (unpaired) electrons. The van der Waals surface area contributed by atoms with Crippen LogP contribution in [0.15, 0.2) is 0 Å². The van der Waals surface area contributed by atoms with Crippen LogP contribution in [0.2, 0.25) is 0 Å². The normalized spacial score (nSPS) is 27.1. The van der Waals surface area contributed by atoms with Crippen LogP contribution in [0.4, 0.5) is 0 Å². The van der Waals surface area contributed by atoms with Gasteiger partial charge in [0.05, 0.1) is 0 Å². The molecular weight excluding hydrogens is 194 g/mol. The van der Waals surface area contributed by atoms with Crippen molar-refractivity contribution in [3.63, 3.8) is 0 Å². The predicted octanol–water partition coefficient (Wildman–Crippen LogP) is 1.25. The Kier molecular flexibility index (Phi) is 3.41. The zero-order valence-corrected chi connectivity index (χ0v) is 9.96. The van der Waals surface area contributed by atoms with Gasteiger partial charge in [-0.3, -0.25) is 10.1 Å². The first-order valence-electron chi connectivity index (χ1n) is 5.32. The number of hydrogen-bond donors (Lipinski definition) is 2. The number of carboxylic acids is 1. The van der Waals surface area contributed by atoms with Gasteiger partial charge in [0.15, 0.2) is 0 Å². The molecule has 4 heteroatoms. The number of carbonyl (C=O) groups is 1. The van der Waals surface area contributed by atoms with Gasteiger partial charge in [-0.1, -0.05) is 13.8 Å². The maximum absolute atomic E-state index is 11.2. The zero-order valence-electron chi connectivity index (χ0n) is 9.96. The molecule has 0 heterocycles. The van der Waals surface area contributed by atoms with Gasteiger partial charge in [0.25, 0.3) is 0 Å². The number of carboxylic acid groups (broad SMARTS) is 1. The largest absolute Gasteiger partial charge is 0.480 e. The molecule has 1 rings (SSSR count). The number of aliphatic carboxylic acids is 1. The van der Waals surface area contributed by atoms with E-state index in [2.05, 4.69) is 19.2 Å². The third-order valence-corrected chi connectivity index (χ3v) is 3.28. The number of nitrogens with one attached hydrogen (secondary N) is 1. The van der Waals surface area contributed by atoms with Gasteiger partial charge < -0.3 is 9.84 Å². The Morgan fingerprint density at radius 2 is 2.20 bits per heavy atom. The first-order valence-corrected chi connectivity index (χ1v) is 5.32. The van der Waals surface area contributed by atoms with E-state index in [4.69, 9.17) is 4.74 Å². The van der Waals surface area contributed by atoms with Crippen molar-refractivity contribution in [1.29, 1.82) is 0 Å². The Morgan fingerprint density at radius 3 is 2.53 bits per heavy atom. The van der Waals surface area contributed by atoms with Crippen LogP contribution in [0.1, 0.15) is 33.6 Å². The molecule has 88 valence electrons. The number of methoxy groups -OCH3 is 1. The molecular formula is C11H21NO3. The average molecular weight is 215 g/mol. The molecule has 0 aliphatic heterocycles. The Morgan fingerprint density at radius 1 is 1.67 bits per heavy atom. The highest BCUT2D eigenvalue weighted by Gasteiger charge is 2.50. The summed E-state index contributed by atoms with van der Waals surface area (Å²) in [4.78, 5) is 11.2. The summed E-state index contributed by atoms with van der Waals surface area (Å²) in [5, 5.41) is 12.4. The molecule has 4 nitrogen and oxygen atoms in total. The van der Waals surface area contributed by atoms with Gasteiger partial charge in [-0.05, 0) is 25.2 Å². The van der Waals surface area contributed by atoms with Crippen LogP contribution in [0, 0.1) is 5.41 Å². The Labute approximate surface area is 91.0 Å². The van der Waals surface area contributed by atoms with Crippen molar-refractivity contribution in [2.45, 2.75) is 45.2 Å². The Balaban J connectivity index is 2.54. The van der Waals surface area contributed by atoms with Crippen molar-refractivity contribution in [2.24, 2.45) is 5.41 Å². The van der Waals surface area contributed by atoms with Crippen molar-refractivity contribution in [3.05, 3.63) is 0 Å². The predicted molar refractivity (Wildman–Crippen MR) is 57.9 cm³/mol. The summed E-state index contributed by atoms with van der Waals surface area (Å²) >= 11 is 0. The summed E-state index contributed by atoms with van der Waals surface area (Å²) in [6.07, 6.45) is 1.54. The van der Waals surface area contributed by atoms with Crippen LogP contribution in [-0.2, 0) is 9.53 Å². The highest BCUT2D eigenvalue weighted by molar-refractivity contribution is 5.78. The summed E-state index contributed by atoms with van der Waals surface area (Å²) in [6.45, 7) is 6.47. The van der Waals surface area contributed by atoms with E-state index >= 15 is 0 Å². The van der Waals surface area contributed by atoms with Crippen LogP contribution >= 0.6 is 0 Å². The van der Waals surface area contributed by atoms with Crippen LogP contribution in [0.3, 0.4) is 0 Å². The third-order valence-electron chi connectivity index (χ3n) is 3.28. The molecule has 1 fully saturated rings. The molecule has 0 aromatic carbocycles. The quantitative estimate of drug-likeness (QED) is 0.700. The molecule has 1 aliphatic carbocycles. The van der Waals surface area contributed by atoms with Gasteiger partial charge in [-0.25, -0.2) is 0 Å². The van der Waals surface area contributed by atoms with Gasteiger partial charge in [-0.2, -0.15) is 0 Å². The lowest BCUT2D eigenvalue weighted by Crippen LogP contribution is -2.52. The van der Waals surface area contributed by atoms with Gasteiger partial charge >= 0.3 is 5.97 Å². The second kappa shape index (κ2) is 4.10. The molecule has 2 unspecified atom stereocenters. The van der Waals surface area contributed by atoms with Crippen molar-refractivity contribution in [1.82, 2.24) is 5.32 Å². The number of rotatable bonds is 6. The summed E-state index contributed by atoms with van der Waals surface area (Å²) in [7, 11) is 1.59. The second-order valence-corrected chi connectivity index (χ2v) is 5.27. The summed E-state index contributed by atoms with van der Waals surface area (Å²) in [5.41, 5.74) is -0.627. The summed E-state index contributed by atoms with van der Waals surface area (Å²) in [5.74, 6) is -0.803. The molecule has 2 atom stereocenters. The first kappa shape index (κ1) is 12.5. The molecule has 0 aromatic heterocycles. The fraction of sp³-hybridized carbons (Fsp3) is 0.909. The number of hydrogen-bond acceptors (Lipinski definition) is 3. The van der Waals surface area contributed by atoms with Crippen LogP contribution in [0.5, 0.6) is 0 Å². The van der Waals surface area contributed by atoms with E-state index in [0.717, 1.165) is 6.42 Å². The van der Waals surface area contributed by atoms with Crippen LogP contribution < -0.4 is 5.32 Å². The molecule has 0 spiro atoms. The Hall–Kier alpha value is -0.610. The van der Waals surface area contributed by atoms with E-state index < -0.39 is 11.5 Å². The molecule has 0 aromatic rings. The lowest BCUT2D eigenvalue weighted by atomic mass is 9.97. The molecule has 2 N–H and O–H groups in total. The van der Waals surface area contributed by atoms with Crippen molar-refractivity contribution < 1.29 is 14.6 Å². The molecule has 0 amide bonds. The minimum atomic E-state index is -0.867. The molecule has 0 saturated heterocycles. The first-order chi connectivity index (χ1) is 6.82. The van der Waals surface area contributed by atoms with E-state index in [9.17, 15) is 9.90 Å². The lowest BCUT2D eigenvalue weighted by Gasteiger charge is -2.27. The third kappa shape index (κ3) is 2.92. The minimum Gasteiger partial charge on any atom is -0.480 e. The molecule has 1 aliphatic rings. The topological polar surface area (TPSA) is 58.6 Å². The summed E-state index contributed by atoms with van der Waals surface area (Å²) in [6, 6.07) is 0.315. The fourth-order valence-electron chi connectivity index (χ4n) is 1.65. The summed E-state index contributed by atoms with van der Waals surface area (Å²) < 4.78 is 4.94. The van der Waals surface area contributed by atoms with Crippen LogP contribution in [0.25, 0.3) is 0 Å². The second-order valence-electron chi connectivity index (χ2n) is 5.27. The van der Waals surface area contributed by atoms with Gasteiger partial charge in [0.2, 0.25) is 0 Å². The van der Waals surface area contributed by atoms with Crippen molar-refractivity contribution in [3.8, 4) is 0 Å². The van der Waals surface area contributed by atoms with E-state index in [0.29, 0.717) is 19.1 Å². The molecule has 1 saturated carbocycles. The Bertz CT molecular complexity index is 252. The van der Waals surface area contributed by atoms with E-state index in [1.54, 1.807) is 14.0 Å². The van der Waals surface area contributed by atoms with Gasteiger partial charge in [0, 0.05) is 19.8 Å². The maximum Gasteiger partial charge on any atom is 0.323 e. The highest BCUT2D eigenvalue weighted by atomic mass is 16.5. The standard InChI is InChI=1S/C11H21NO3/c1-10(2)7-8(10)12-11(3,9(13)14)5-6-15-4/h8,12H,5-7H2,1-4H3,(H,13,14). The fourth-order valence-corrected chi connectivity index (χ4v) is 1.65. The van der Waals surface area contributed by atoms with Crippen LogP contribution in [-0.4, -0.2) is 36.4 Å². The van der Waals surface area contributed by atoms with E-state index in [1.165, 1.54) is 0 Å². The van der Waals surface area contributed by atoms with E-state index in [1.807, 2.05) is 0 Å². The SMILES string of the molecule is COCCC(C)(NC1CC1(C)C)C(=O)O.